The first-order chi connectivity index (χ1) is 16.1. The number of hydrogen-bond acceptors (Lipinski definition) is 8. The molecule has 0 unspecified atom stereocenters. The molecule has 10 heteroatoms. The van der Waals surface area contributed by atoms with Crippen LogP contribution < -0.4 is 10.3 Å². The number of nitrogens with one attached hydrogen (secondary N) is 1. The van der Waals surface area contributed by atoms with Crippen molar-refractivity contribution in [1.82, 2.24) is 15.0 Å². The fraction of sp³-hybridized carbons (Fsp3) is 0.174. The van der Waals surface area contributed by atoms with Crippen LogP contribution in [0.5, 0.6) is 0 Å². The van der Waals surface area contributed by atoms with Crippen LogP contribution in [0.4, 0.5) is 16.2 Å². The zero-order chi connectivity index (χ0) is 22.9. The molecule has 3 aromatic rings. The maximum Gasteiger partial charge on any atom is 0.280 e. The first-order valence-electron chi connectivity index (χ1n) is 10.2. The summed E-state index contributed by atoms with van der Waals surface area (Å²) in [5.74, 6) is -1.18. The third-order valence-electron chi connectivity index (χ3n) is 5.44. The lowest BCUT2D eigenvalue weighted by Gasteiger charge is -2.29. The number of nitriles is 1. The molecule has 1 aromatic heterocycles. The summed E-state index contributed by atoms with van der Waals surface area (Å²) in [5.41, 5.74) is 4.22. The molecule has 2 aliphatic rings. The number of imide groups is 1. The summed E-state index contributed by atoms with van der Waals surface area (Å²) < 4.78 is 18.9. The van der Waals surface area contributed by atoms with E-state index in [4.69, 9.17) is 4.74 Å². The number of fused-ring (bicyclic) bond motifs is 1. The summed E-state index contributed by atoms with van der Waals surface area (Å²) in [6.45, 7) is 1.92. The largest absolute Gasteiger partial charge is 0.378 e. The number of halogens is 1. The highest BCUT2D eigenvalue weighted by Crippen LogP contribution is 2.31. The number of rotatable bonds is 4. The minimum atomic E-state index is -0.528. The molecule has 0 saturated carbocycles. The molecular weight excluding hydrogens is 427 g/mol. The van der Waals surface area contributed by atoms with Crippen LogP contribution in [-0.2, 0) is 4.74 Å². The Balaban J connectivity index is 1.59. The number of carbonyl (C=O) groups excluding carboxylic acids is 2. The van der Waals surface area contributed by atoms with E-state index in [9.17, 15) is 19.2 Å². The second-order valence-electron chi connectivity index (χ2n) is 7.42. The van der Waals surface area contributed by atoms with Crippen molar-refractivity contribution in [2.45, 2.75) is 0 Å². The molecule has 33 heavy (non-hydrogen) atoms. The molecule has 3 heterocycles. The molecule has 1 N–H and O–H groups in total. The Hall–Kier alpha value is -4.36. The number of benzene rings is 2. The number of hydrazine groups is 1. The molecule has 1 saturated heterocycles. The first-order valence-corrected chi connectivity index (χ1v) is 10.2. The van der Waals surface area contributed by atoms with Crippen molar-refractivity contribution in [2.24, 2.45) is 0 Å². The number of ether oxygens (including phenoxy) is 1. The quantitative estimate of drug-likeness (QED) is 0.612. The predicted octanol–water partition coefficient (Wildman–Crippen LogP) is 2.61. The van der Waals surface area contributed by atoms with Crippen molar-refractivity contribution in [3.8, 4) is 17.3 Å². The molecule has 0 aliphatic carbocycles. The Bertz CT molecular complexity index is 1260. The van der Waals surface area contributed by atoms with Crippen LogP contribution in [0.1, 0.15) is 26.3 Å². The van der Waals surface area contributed by atoms with Crippen molar-refractivity contribution in [3.05, 3.63) is 71.0 Å². The van der Waals surface area contributed by atoms with Gasteiger partial charge in [0.1, 0.15) is 17.4 Å². The highest BCUT2D eigenvalue weighted by molar-refractivity contribution is 6.21. The smallest absolute Gasteiger partial charge is 0.280 e. The maximum absolute atomic E-state index is 13.5. The van der Waals surface area contributed by atoms with Gasteiger partial charge in [0.05, 0.1) is 30.0 Å². The van der Waals surface area contributed by atoms with Gasteiger partial charge in [0.15, 0.2) is 5.82 Å². The van der Waals surface area contributed by atoms with Crippen LogP contribution >= 0.6 is 0 Å². The molecular formula is C23H17FN6O3. The molecule has 0 bridgehead atoms. The van der Waals surface area contributed by atoms with Crippen LogP contribution in [0.15, 0.2) is 48.5 Å². The summed E-state index contributed by atoms with van der Waals surface area (Å²) in [5, 5.41) is 10.8. The number of morpholine rings is 1. The number of nitrogens with zero attached hydrogens (tertiary/aromatic N) is 5. The van der Waals surface area contributed by atoms with E-state index in [1.165, 1.54) is 24.3 Å². The number of amides is 2. The van der Waals surface area contributed by atoms with Gasteiger partial charge in [0.25, 0.3) is 11.8 Å². The maximum atomic E-state index is 13.5. The fourth-order valence-electron chi connectivity index (χ4n) is 3.81. The Labute approximate surface area is 188 Å². The lowest BCUT2D eigenvalue weighted by molar-refractivity contribution is 0.0690. The molecule has 0 atom stereocenters. The van der Waals surface area contributed by atoms with Gasteiger partial charge >= 0.3 is 0 Å². The second kappa shape index (κ2) is 8.29. The lowest BCUT2D eigenvalue weighted by atomic mass is 10.1. The van der Waals surface area contributed by atoms with E-state index >= 15 is 0 Å². The van der Waals surface area contributed by atoms with Crippen LogP contribution in [0.25, 0.3) is 11.3 Å². The van der Waals surface area contributed by atoms with Gasteiger partial charge in [-0.2, -0.15) is 15.3 Å². The zero-order valence-electron chi connectivity index (χ0n) is 17.3. The second-order valence-corrected chi connectivity index (χ2v) is 7.42. The fourth-order valence-corrected chi connectivity index (χ4v) is 3.81. The summed E-state index contributed by atoms with van der Waals surface area (Å²) in [4.78, 5) is 36.3. The topological polar surface area (TPSA) is 111 Å². The molecule has 1 fully saturated rings. The molecule has 2 aliphatic heterocycles. The minimum absolute atomic E-state index is 0.0377. The lowest BCUT2D eigenvalue weighted by Crippen LogP contribution is -2.39. The average Bonchev–Trinajstić information content (AvgIpc) is 3.09. The summed E-state index contributed by atoms with van der Waals surface area (Å²) >= 11 is 0. The van der Waals surface area contributed by atoms with Gasteiger partial charge in [-0.15, -0.1) is 0 Å². The van der Waals surface area contributed by atoms with E-state index in [-0.39, 0.29) is 28.3 Å². The van der Waals surface area contributed by atoms with Gasteiger partial charge in [-0.05, 0) is 36.4 Å². The Morgan fingerprint density at radius 2 is 1.61 bits per heavy atom. The van der Waals surface area contributed by atoms with E-state index in [0.717, 1.165) is 5.01 Å². The normalized spacial score (nSPS) is 15.4. The highest BCUT2D eigenvalue weighted by Gasteiger charge is 2.36. The van der Waals surface area contributed by atoms with Crippen molar-refractivity contribution in [3.63, 3.8) is 0 Å². The third-order valence-corrected chi connectivity index (χ3v) is 5.44. The number of anilines is 2. The van der Waals surface area contributed by atoms with E-state index in [0.29, 0.717) is 37.7 Å². The molecule has 9 nitrogen and oxygen atoms in total. The molecule has 5 rings (SSSR count). The van der Waals surface area contributed by atoms with Crippen molar-refractivity contribution < 1.29 is 18.7 Å². The summed E-state index contributed by atoms with van der Waals surface area (Å²) in [6, 6.07) is 14.2. The average molecular weight is 444 g/mol. The van der Waals surface area contributed by atoms with Gasteiger partial charge in [0.2, 0.25) is 5.95 Å². The highest BCUT2D eigenvalue weighted by atomic mass is 19.1. The van der Waals surface area contributed by atoms with E-state index < -0.39 is 17.6 Å². The van der Waals surface area contributed by atoms with E-state index in [1.54, 1.807) is 24.3 Å². The van der Waals surface area contributed by atoms with Crippen LogP contribution in [-0.4, -0.2) is 53.1 Å². The standard InChI is InChI=1S/C23H17FN6O3/c24-15-7-5-14(6-8-15)19-18(13-25)20(29-9-11-33-12-10-29)27-23(26-19)28-30-21(31)16-3-1-2-4-17(16)22(30)32/h1-8H,9-12H2,(H,26,27,28). The van der Waals surface area contributed by atoms with Gasteiger partial charge in [-0.1, -0.05) is 12.1 Å². The van der Waals surface area contributed by atoms with Crippen molar-refractivity contribution >= 4 is 23.6 Å². The minimum Gasteiger partial charge on any atom is -0.378 e. The van der Waals surface area contributed by atoms with Gasteiger partial charge < -0.3 is 9.64 Å². The first kappa shape index (κ1) is 20.5. The van der Waals surface area contributed by atoms with Crippen LogP contribution in [0.2, 0.25) is 0 Å². The number of carbonyl (C=O) groups is 2. The zero-order valence-corrected chi connectivity index (χ0v) is 17.3. The molecule has 164 valence electrons. The summed E-state index contributed by atoms with van der Waals surface area (Å²) in [7, 11) is 0. The van der Waals surface area contributed by atoms with Crippen molar-refractivity contribution in [1.29, 1.82) is 5.26 Å². The van der Waals surface area contributed by atoms with Crippen LogP contribution in [0.3, 0.4) is 0 Å². The molecule has 0 spiro atoms. The van der Waals surface area contributed by atoms with E-state index in [2.05, 4.69) is 21.5 Å². The van der Waals surface area contributed by atoms with Gasteiger partial charge in [0, 0.05) is 18.7 Å². The van der Waals surface area contributed by atoms with Gasteiger partial charge in [-0.3, -0.25) is 15.0 Å². The Morgan fingerprint density at radius 3 is 2.21 bits per heavy atom. The molecule has 2 amide bonds. The van der Waals surface area contributed by atoms with E-state index in [1.807, 2.05) is 4.90 Å². The molecule has 2 aromatic carbocycles. The monoisotopic (exact) mass is 444 g/mol. The summed E-state index contributed by atoms with van der Waals surface area (Å²) in [6.07, 6.45) is 0. The number of hydrogen-bond donors (Lipinski definition) is 1. The third kappa shape index (κ3) is 3.64. The Kier molecular flexibility index (Phi) is 5.16. The van der Waals surface area contributed by atoms with Gasteiger partial charge in [-0.25, -0.2) is 9.37 Å². The Morgan fingerprint density at radius 1 is 0.970 bits per heavy atom. The van der Waals surface area contributed by atoms with Crippen molar-refractivity contribution in [2.75, 3.05) is 36.6 Å². The predicted molar refractivity (Wildman–Crippen MR) is 116 cm³/mol. The van der Waals surface area contributed by atoms with Crippen LogP contribution in [0, 0.1) is 17.1 Å². The SMILES string of the molecule is N#Cc1c(-c2ccc(F)cc2)nc(NN2C(=O)c3ccccc3C2=O)nc1N1CCOCC1. The number of aromatic nitrogens is 2. The molecule has 0 radical (unpaired) electrons.